The van der Waals surface area contributed by atoms with Crippen molar-refractivity contribution in [3.63, 3.8) is 0 Å². The number of benzene rings is 2. The lowest BCUT2D eigenvalue weighted by atomic mass is 10.1. The van der Waals surface area contributed by atoms with Crippen molar-refractivity contribution in [1.82, 2.24) is 14.8 Å². The largest absolute Gasteiger partial charge is 0.497 e. The van der Waals surface area contributed by atoms with Gasteiger partial charge in [0.05, 0.1) is 19.0 Å². The fourth-order valence-corrected chi connectivity index (χ4v) is 3.21. The molecule has 4 aromatic rings. The Balaban J connectivity index is 1.42. The summed E-state index contributed by atoms with van der Waals surface area (Å²) in [5.41, 5.74) is 3.88. The lowest BCUT2D eigenvalue weighted by Gasteiger charge is -2.05. The molecule has 1 N–H and O–H groups in total. The molecule has 0 radical (unpaired) electrons. The highest BCUT2D eigenvalue weighted by Crippen LogP contribution is 2.24. The molecule has 1 amide bonds. The van der Waals surface area contributed by atoms with E-state index in [9.17, 15) is 4.79 Å². The normalized spacial score (nSPS) is 10.7. The van der Waals surface area contributed by atoms with E-state index in [1.54, 1.807) is 24.2 Å². The summed E-state index contributed by atoms with van der Waals surface area (Å²) in [5, 5.41) is 7.17. The molecule has 0 bridgehead atoms. The van der Waals surface area contributed by atoms with E-state index in [4.69, 9.17) is 9.15 Å². The highest BCUT2D eigenvalue weighted by molar-refractivity contribution is 6.06. The highest BCUT2D eigenvalue weighted by atomic mass is 16.5. The molecule has 0 saturated carbocycles. The summed E-state index contributed by atoms with van der Waals surface area (Å²) in [6.07, 6.45) is 5.50. The van der Waals surface area contributed by atoms with Crippen LogP contribution in [0, 0.1) is 6.92 Å². The van der Waals surface area contributed by atoms with Crippen LogP contribution < -0.4 is 10.1 Å². The minimum atomic E-state index is -0.340. The average Bonchev–Trinajstić information content (AvgIpc) is 3.42. The molecule has 0 unspecified atom stereocenters. The van der Waals surface area contributed by atoms with Gasteiger partial charge in [0, 0.05) is 18.3 Å². The van der Waals surface area contributed by atoms with Crippen molar-refractivity contribution in [2.24, 2.45) is 0 Å². The molecule has 2 aromatic carbocycles. The SMILES string of the molecule is COc1cccc(CCn2cc(NC(=O)c3ncoc3-c3cccc(C)c3)cn2)c1. The zero-order chi connectivity index (χ0) is 20.9. The standard InChI is InChI=1S/C23H22N4O3/c1-16-5-3-7-18(11-16)22-21(24-15-30-22)23(28)26-19-13-25-27(14-19)10-9-17-6-4-8-20(12-17)29-2/h3-8,11-15H,9-10H2,1-2H3,(H,26,28). The highest BCUT2D eigenvalue weighted by Gasteiger charge is 2.19. The summed E-state index contributed by atoms with van der Waals surface area (Å²) in [6.45, 7) is 2.67. The van der Waals surface area contributed by atoms with Gasteiger partial charge in [-0.25, -0.2) is 4.98 Å². The first-order valence-corrected chi connectivity index (χ1v) is 9.59. The van der Waals surface area contributed by atoms with Crippen LogP contribution >= 0.6 is 0 Å². The average molecular weight is 402 g/mol. The van der Waals surface area contributed by atoms with Gasteiger partial charge in [-0.15, -0.1) is 0 Å². The Labute approximate surface area is 174 Å². The Morgan fingerprint density at radius 3 is 2.90 bits per heavy atom. The predicted octanol–water partition coefficient (Wildman–Crippen LogP) is 4.35. The van der Waals surface area contributed by atoms with Gasteiger partial charge in [0.15, 0.2) is 17.8 Å². The number of hydrogen-bond acceptors (Lipinski definition) is 5. The number of aromatic nitrogens is 3. The van der Waals surface area contributed by atoms with Crippen LogP contribution in [-0.4, -0.2) is 27.8 Å². The fraction of sp³-hybridized carbons (Fsp3) is 0.174. The summed E-state index contributed by atoms with van der Waals surface area (Å²) >= 11 is 0. The lowest BCUT2D eigenvalue weighted by molar-refractivity contribution is 0.102. The maximum atomic E-state index is 12.7. The first kappa shape index (κ1) is 19.4. The van der Waals surface area contributed by atoms with Crippen molar-refractivity contribution in [3.05, 3.63) is 84.1 Å². The topological polar surface area (TPSA) is 82.2 Å². The molecule has 152 valence electrons. The van der Waals surface area contributed by atoms with Gasteiger partial charge in [-0.3, -0.25) is 9.48 Å². The lowest BCUT2D eigenvalue weighted by Crippen LogP contribution is -2.13. The molecule has 0 spiro atoms. The molecule has 0 aliphatic carbocycles. The van der Waals surface area contributed by atoms with E-state index in [1.807, 2.05) is 55.5 Å². The van der Waals surface area contributed by atoms with Gasteiger partial charge in [0.1, 0.15) is 5.75 Å². The molecule has 30 heavy (non-hydrogen) atoms. The van der Waals surface area contributed by atoms with Gasteiger partial charge in [-0.1, -0.05) is 35.9 Å². The van der Waals surface area contributed by atoms with Gasteiger partial charge >= 0.3 is 0 Å². The first-order valence-electron chi connectivity index (χ1n) is 9.59. The second kappa shape index (κ2) is 8.65. The second-order valence-electron chi connectivity index (χ2n) is 6.95. The molecule has 0 aliphatic heterocycles. The van der Waals surface area contributed by atoms with E-state index in [2.05, 4.69) is 15.4 Å². The van der Waals surface area contributed by atoms with Crippen LogP contribution in [0.5, 0.6) is 5.75 Å². The quantitative estimate of drug-likeness (QED) is 0.497. The number of anilines is 1. The van der Waals surface area contributed by atoms with Gasteiger partial charge in [-0.2, -0.15) is 5.10 Å². The number of methoxy groups -OCH3 is 1. The maximum Gasteiger partial charge on any atom is 0.278 e. The number of hydrogen-bond donors (Lipinski definition) is 1. The maximum absolute atomic E-state index is 12.7. The van der Waals surface area contributed by atoms with E-state index >= 15 is 0 Å². The fourth-order valence-electron chi connectivity index (χ4n) is 3.21. The molecule has 7 nitrogen and oxygen atoms in total. The third-order valence-electron chi connectivity index (χ3n) is 4.72. The second-order valence-corrected chi connectivity index (χ2v) is 6.95. The van der Waals surface area contributed by atoms with E-state index < -0.39 is 0 Å². The minimum Gasteiger partial charge on any atom is -0.497 e. The van der Waals surface area contributed by atoms with Crippen LogP contribution in [-0.2, 0) is 13.0 Å². The molecule has 0 aliphatic rings. The van der Waals surface area contributed by atoms with Gasteiger partial charge in [0.25, 0.3) is 5.91 Å². The van der Waals surface area contributed by atoms with Crippen molar-refractivity contribution in [2.75, 3.05) is 12.4 Å². The smallest absolute Gasteiger partial charge is 0.278 e. The summed E-state index contributed by atoms with van der Waals surface area (Å²) in [5.74, 6) is 0.937. The molecule has 4 rings (SSSR count). The van der Waals surface area contributed by atoms with E-state index in [1.165, 1.54) is 6.39 Å². The number of aryl methyl sites for hydroxylation is 3. The number of oxazole rings is 1. The van der Waals surface area contributed by atoms with Crippen LogP contribution in [0.4, 0.5) is 5.69 Å². The Bertz CT molecular complexity index is 1160. The summed E-state index contributed by atoms with van der Waals surface area (Å²) in [6, 6.07) is 15.7. The molecular weight excluding hydrogens is 380 g/mol. The number of nitrogens with zero attached hydrogens (tertiary/aromatic N) is 3. The van der Waals surface area contributed by atoms with Crippen LogP contribution in [0.3, 0.4) is 0 Å². The Morgan fingerprint density at radius 2 is 2.07 bits per heavy atom. The first-order chi connectivity index (χ1) is 14.6. The van der Waals surface area contributed by atoms with Crippen molar-refractivity contribution in [1.29, 1.82) is 0 Å². The monoisotopic (exact) mass is 402 g/mol. The van der Waals surface area contributed by atoms with Crippen molar-refractivity contribution in [3.8, 4) is 17.1 Å². The number of nitrogens with one attached hydrogen (secondary N) is 1. The molecule has 0 saturated heterocycles. The Hall–Kier alpha value is -3.87. The van der Waals surface area contributed by atoms with Gasteiger partial charge in [-0.05, 0) is 37.1 Å². The molecule has 0 atom stereocenters. The van der Waals surface area contributed by atoms with Crippen LogP contribution in [0.1, 0.15) is 21.6 Å². The van der Waals surface area contributed by atoms with Gasteiger partial charge < -0.3 is 14.5 Å². The minimum absolute atomic E-state index is 0.240. The molecule has 0 fully saturated rings. The van der Waals surface area contributed by atoms with E-state index in [0.717, 1.165) is 28.9 Å². The Morgan fingerprint density at radius 1 is 1.20 bits per heavy atom. The molecule has 2 aromatic heterocycles. The van der Waals surface area contributed by atoms with Crippen molar-refractivity contribution in [2.45, 2.75) is 19.9 Å². The van der Waals surface area contributed by atoms with E-state index in [-0.39, 0.29) is 11.6 Å². The van der Waals surface area contributed by atoms with Crippen LogP contribution in [0.15, 0.2) is 71.7 Å². The third kappa shape index (κ3) is 4.41. The van der Waals surface area contributed by atoms with Crippen molar-refractivity contribution >= 4 is 11.6 Å². The number of carbonyl (C=O) groups is 1. The number of carbonyl (C=O) groups excluding carboxylic acids is 1. The van der Waals surface area contributed by atoms with Crippen molar-refractivity contribution < 1.29 is 13.9 Å². The number of amides is 1. The molecule has 2 heterocycles. The summed E-state index contributed by atoms with van der Waals surface area (Å²) < 4.78 is 12.5. The summed E-state index contributed by atoms with van der Waals surface area (Å²) in [4.78, 5) is 16.8. The summed E-state index contributed by atoms with van der Waals surface area (Å²) in [7, 11) is 1.65. The van der Waals surface area contributed by atoms with Gasteiger partial charge in [0.2, 0.25) is 0 Å². The Kier molecular flexibility index (Phi) is 5.61. The zero-order valence-electron chi connectivity index (χ0n) is 16.8. The predicted molar refractivity (Wildman–Crippen MR) is 114 cm³/mol. The number of rotatable bonds is 7. The van der Waals surface area contributed by atoms with Crippen LogP contribution in [0.2, 0.25) is 0 Å². The van der Waals surface area contributed by atoms with E-state index in [0.29, 0.717) is 18.0 Å². The van der Waals surface area contributed by atoms with Crippen LogP contribution in [0.25, 0.3) is 11.3 Å². The third-order valence-corrected chi connectivity index (χ3v) is 4.72. The number of ether oxygens (including phenoxy) is 1. The molecular formula is C23H22N4O3. The zero-order valence-corrected chi connectivity index (χ0v) is 16.8. The molecule has 7 heteroatoms.